The number of phenols is 2. The zero-order valence-electron chi connectivity index (χ0n) is 9.85. The van der Waals surface area contributed by atoms with E-state index in [0.717, 1.165) is 11.0 Å². The van der Waals surface area contributed by atoms with Gasteiger partial charge in [-0.15, -0.1) is 0 Å². The van der Waals surface area contributed by atoms with Gasteiger partial charge in [0.25, 0.3) is 5.91 Å². The van der Waals surface area contributed by atoms with Gasteiger partial charge in [0.1, 0.15) is 17.5 Å². The van der Waals surface area contributed by atoms with Gasteiger partial charge in [-0.25, -0.2) is 4.79 Å². The van der Waals surface area contributed by atoms with Gasteiger partial charge in [0.15, 0.2) is 0 Å². The molecule has 1 aliphatic rings. The summed E-state index contributed by atoms with van der Waals surface area (Å²) in [5, 5.41) is 37.2. The first kappa shape index (κ1) is 13.2. The van der Waals surface area contributed by atoms with Crippen LogP contribution in [-0.4, -0.2) is 55.9 Å². The molecule has 7 heteroatoms. The van der Waals surface area contributed by atoms with Crippen molar-refractivity contribution in [3.8, 4) is 11.5 Å². The highest BCUT2D eigenvalue weighted by molar-refractivity contribution is 5.99. The molecular formula is C12H13NO6. The number of hydrogen-bond acceptors (Lipinski definition) is 5. The van der Waals surface area contributed by atoms with Crippen LogP contribution in [0.25, 0.3) is 0 Å². The molecule has 0 unspecified atom stereocenters. The maximum atomic E-state index is 12.1. The minimum atomic E-state index is -1.21. The number of rotatable bonds is 2. The summed E-state index contributed by atoms with van der Waals surface area (Å²) in [5.74, 6) is -2.54. The average molecular weight is 267 g/mol. The topological polar surface area (TPSA) is 118 Å². The average Bonchev–Trinajstić information content (AvgIpc) is 2.70. The molecule has 4 N–H and O–H groups in total. The van der Waals surface area contributed by atoms with Crippen LogP contribution in [0.5, 0.6) is 11.5 Å². The summed E-state index contributed by atoms with van der Waals surface area (Å²) >= 11 is 0. The third kappa shape index (κ3) is 2.45. The number of carboxylic acid groups (broad SMARTS) is 1. The quantitative estimate of drug-likeness (QED) is 0.587. The number of aromatic hydroxyl groups is 2. The van der Waals surface area contributed by atoms with Crippen LogP contribution >= 0.6 is 0 Å². The molecular weight excluding hydrogens is 254 g/mol. The second kappa shape index (κ2) is 4.77. The monoisotopic (exact) mass is 267 g/mol. The maximum absolute atomic E-state index is 12.1. The number of carbonyl (C=O) groups is 2. The van der Waals surface area contributed by atoms with E-state index in [1.165, 1.54) is 12.1 Å². The van der Waals surface area contributed by atoms with Crippen LogP contribution in [0.2, 0.25) is 0 Å². The van der Waals surface area contributed by atoms with Gasteiger partial charge in [0.2, 0.25) is 0 Å². The molecule has 0 aliphatic carbocycles. The van der Waals surface area contributed by atoms with Crippen molar-refractivity contribution in [2.24, 2.45) is 0 Å². The Morgan fingerprint density at radius 3 is 2.53 bits per heavy atom. The van der Waals surface area contributed by atoms with E-state index < -0.39 is 29.8 Å². The molecule has 1 aromatic carbocycles. The first-order valence-corrected chi connectivity index (χ1v) is 5.64. The number of phenolic OH excluding ortho intramolecular Hbond substituents is 2. The van der Waals surface area contributed by atoms with Crippen molar-refractivity contribution in [2.75, 3.05) is 6.54 Å². The number of hydrogen-bond donors (Lipinski definition) is 4. The van der Waals surface area contributed by atoms with Crippen molar-refractivity contribution in [3.63, 3.8) is 0 Å². The van der Waals surface area contributed by atoms with E-state index >= 15 is 0 Å². The fourth-order valence-electron chi connectivity index (χ4n) is 2.13. The molecule has 102 valence electrons. The first-order valence-electron chi connectivity index (χ1n) is 5.64. The predicted molar refractivity (Wildman–Crippen MR) is 62.9 cm³/mol. The van der Waals surface area contributed by atoms with Gasteiger partial charge in [-0.1, -0.05) is 0 Å². The minimum absolute atomic E-state index is 0.0417. The van der Waals surface area contributed by atoms with Crippen LogP contribution in [0.3, 0.4) is 0 Å². The van der Waals surface area contributed by atoms with Crippen molar-refractivity contribution in [1.82, 2.24) is 4.90 Å². The van der Waals surface area contributed by atoms with Gasteiger partial charge in [-0.3, -0.25) is 4.79 Å². The number of aliphatic carboxylic acids is 1. The number of aliphatic hydroxyl groups excluding tert-OH is 1. The van der Waals surface area contributed by atoms with Crippen molar-refractivity contribution in [2.45, 2.75) is 18.6 Å². The van der Waals surface area contributed by atoms with Crippen LogP contribution in [0.15, 0.2) is 18.2 Å². The van der Waals surface area contributed by atoms with E-state index in [9.17, 15) is 19.8 Å². The number of β-amino-alcohol motifs (C(OH)–C–C–N with tert-alkyl or cyclic N) is 1. The maximum Gasteiger partial charge on any atom is 0.326 e. The van der Waals surface area contributed by atoms with E-state index in [1.807, 2.05) is 0 Å². The molecule has 0 spiro atoms. The number of likely N-dealkylation sites (tertiary alicyclic amines) is 1. The summed E-state index contributed by atoms with van der Waals surface area (Å²) in [6.45, 7) is -0.101. The summed E-state index contributed by atoms with van der Waals surface area (Å²) in [6, 6.07) is 2.30. The molecule has 0 bridgehead atoms. The van der Waals surface area contributed by atoms with Gasteiger partial charge in [0.05, 0.1) is 11.7 Å². The Balaban J connectivity index is 2.30. The highest BCUT2D eigenvalue weighted by Crippen LogP contribution is 2.27. The summed E-state index contributed by atoms with van der Waals surface area (Å²) in [4.78, 5) is 24.2. The summed E-state index contributed by atoms with van der Waals surface area (Å²) < 4.78 is 0. The summed E-state index contributed by atoms with van der Waals surface area (Å²) in [5.41, 5.74) is -0.113. The number of aliphatic hydroxyl groups is 1. The van der Waals surface area contributed by atoms with E-state index in [0.29, 0.717) is 0 Å². The zero-order chi connectivity index (χ0) is 14.2. The number of benzene rings is 1. The van der Waals surface area contributed by atoms with Crippen LogP contribution < -0.4 is 0 Å². The number of nitrogens with zero attached hydrogens (tertiary/aromatic N) is 1. The molecule has 0 saturated carbocycles. The van der Waals surface area contributed by atoms with Crippen LogP contribution in [0.4, 0.5) is 0 Å². The van der Waals surface area contributed by atoms with Crippen LogP contribution in [0, 0.1) is 0 Å². The fraction of sp³-hybridized carbons (Fsp3) is 0.333. The van der Waals surface area contributed by atoms with Crippen LogP contribution in [0.1, 0.15) is 16.8 Å². The molecule has 1 amide bonds. The lowest BCUT2D eigenvalue weighted by molar-refractivity contribution is -0.141. The Morgan fingerprint density at radius 2 is 1.95 bits per heavy atom. The van der Waals surface area contributed by atoms with E-state index in [-0.39, 0.29) is 24.3 Å². The zero-order valence-corrected chi connectivity index (χ0v) is 9.85. The number of carboxylic acids is 1. The highest BCUT2D eigenvalue weighted by atomic mass is 16.4. The molecule has 1 aliphatic heterocycles. The Kier molecular flexibility index (Phi) is 3.30. The lowest BCUT2D eigenvalue weighted by atomic mass is 10.1. The van der Waals surface area contributed by atoms with E-state index in [1.54, 1.807) is 0 Å². The van der Waals surface area contributed by atoms with E-state index in [4.69, 9.17) is 10.2 Å². The normalized spacial score (nSPS) is 22.5. The Morgan fingerprint density at radius 1 is 1.26 bits per heavy atom. The SMILES string of the molecule is O=C(O)[C@H]1C[C@@H](O)CN1C(=O)c1ccc(O)cc1O. The molecule has 1 saturated heterocycles. The lowest BCUT2D eigenvalue weighted by Gasteiger charge is -2.21. The van der Waals surface area contributed by atoms with Crippen molar-refractivity contribution in [3.05, 3.63) is 23.8 Å². The highest BCUT2D eigenvalue weighted by Gasteiger charge is 2.39. The minimum Gasteiger partial charge on any atom is -0.508 e. The van der Waals surface area contributed by atoms with Gasteiger partial charge in [0, 0.05) is 19.0 Å². The van der Waals surface area contributed by atoms with Gasteiger partial charge in [-0.2, -0.15) is 0 Å². The van der Waals surface area contributed by atoms with E-state index in [2.05, 4.69) is 0 Å². The Bertz CT molecular complexity index is 529. The Hall–Kier alpha value is -2.28. The molecule has 1 fully saturated rings. The number of carbonyl (C=O) groups excluding carboxylic acids is 1. The largest absolute Gasteiger partial charge is 0.508 e. The van der Waals surface area contributed by atoms with Crippen LogP contribution in [-0.2, 0) is 4.79 Å². The third-order valence-corrected chi connectivity index (χ3v) is 3.04. The van der Waals surface area contributed by atoms with Crippen molar-refractivity contribution in [1.29, 1.82) is 0 Å². The summed E-state index contributed by atoms with van der Waals surface area (Å²) in [6.07, 6.45) is -0.941. The summed E-state index contributed by atoms with van der Waals surface area (Å²) in [7, 11) is 0. The lowest BCUT2D eigenvalue weighted by Crippen LogP contribution is -2.40. The molecule has 1 heterocycles. The second-order valence-electron chi connectivity index (χ2n) is 4.40. The molecule has 2 atom stereocenters. The number of amides is 1. The molecule has 7 nitrogen and oxygen atoms in total. The molecule has 0 radical (unpaired) electrons. The molecule has 19 heavy (non-hydrogen) atoms. The molecule has 0 aromatic heterocycles. The Labute approximate surface area is 108 Å². The smallest absolute Gasteiger partial charge is 0.326 e. The first-order chi connectivity index (χ1) is 8.90. The standard InChI is InChI=1S/C12H13NO6/c14-6-1-2-8(10(16)4-6)11(17)13-5-7(15)3-9(13)12(18)19/h1-2,4,7,9,14-16H,3,5H2,(H,18,19)/t7-,9-/m1/s1. The predicted octanol–water partition coefficient (Wildman–Crippen LogP) is -0.242. The third-order valence-electron chi connectivity index (χ3n) is 3.04. The van der Waals surface area contributed by atoms with Gasteiger partial charge < -0.3 is 25.3 Å². The van der Waals surface area contributed by atoms with Gasteiger partial charge >= 0.3 is 5.97 Å². The van der Waals surface area contributed by atoms with Crippen molar-refractivity contribution >= 4 is 11.9 Å². The molecule has 1 aromatic rings. The van der Waals surface area contributed by atoms with Crippen molar-refractivity contribution < 1.29 is 30.0 Å². The second-order valence-corrected chi connectivity index (χ2v) is 4.40. The molecule has 2 rings (SSSR count). The van der Waals surface area contributed by atoms with Gasteiger partial charge in [-0.05, 0) is 12.1 Å². The fourth-order valence-corrected chi connectivity index (χ4v) is 2.13.